The first kappa shape index (κ1) is 7.07. The fourth-order valence-corrected chi connectivity index (χ4v) is 3.65. The van der Waals surface area contributed by atoms with E-state index in [0.29, 0.717) is 17.7 Å². The number of fused-ring (bicyclic) bond motifs is 1. The number of ketones is 1. The van der Waals surface area contributed by atoms with Crippen molar-refractivity contribution < 1.29 is 4.79 Å². The van der Waals surface area contributed by atoms with Crippen LogP contribution in [0, 0.1) is 17.8 Å². The van der Waals surface area contributed by atoms with E-state index < -0.39 is 0 Å². The summed E-state index contributed by atoms with van der Waals surface area (Å²) in [6, 6.07) is 0.322. The number of rotatable bonds is 0. The van der Waals surface area contributed by atoms with E-state index in [-0.39, 0.29) is 0 Å². The Bertz CT molecular complexity index is 238. The van der Waals surface area contributed by atoms with Crippen LogP contribution in [0.25, 0.3) is 0 Å². The van der Waals surface area contributed by atoms with E-state index in [1.165, 1.54) is 25.8 Å². The number of carbonyl (C=O) groups is 1. The Morgan fingerprint density at radius 1 is 1.42 bits per heavy atom. The van der Waals surface area contributed by atoms with Crippen LogP contribution in [0.15, 0.2) is 0 Å². The van der Waals surface area contributed by atoms with E-state index in [9.17, 15) is 4.79 Å². The molecule has 0 aromatic rings. The van der Waals surface area contributed by atoms with Gasteiger partial charge in [-0.3, -0.25) is 9.69 Å². The number of carbonyl (C=O) groups excluding carboxylic acids is 1. The van der Waals surface area contributed by atoms with Crippen molar-refractivity contribution in [1.29, 1.82) is 0 Å². The summed E-state index contributed by atoms with van der Waals surface area (Å²) >= 11 is 0. The van der Waals surface area contributed by atoms with Crippen molar-refractivity contribution >= 4 is 5.78 Å². The van der Waals surface area contributed by atoms with Crippen LogP contribution in [0.4, 0.5) is 0 Å². The molecule has 1 aliphatic heterocycles. The fraction of sp³-hybridized carbons (Fsp3) is 0.900. The van der Waals surface area contributed by atoms with E-state index in [0.717, 1.165) is 11.8 Å². The molecule has 0 aromatic carbocycles. The predicted molar refractivity (Wildman–Crippen MR) is 45.7 cm³/mol. The van der Waals surface area contributed by atoms with Crippen LogP contribution >= 0.6 is 0 Å². The highest BCUT2D eigenvalue weighted by molar-refractivity contribution is 5.88. The van der Waals surface area contributed by atoms with Crippen LogP contribution in [0.1, 0.15) is 19.3 Å². The first-order valence-corrected chi connectivity index (χ1v) is 5.01. The van der Waals surface area contributed by atoms with Crippen molar-refractivity contribution in [3.63, 3.8) is 0 Å². The molecule has 4 rings (SSSR count). The molecule has 1 heterocycles. The van der Waals surface area contributed by atoms with Crippen LogP contribution in [0.3, 0.4) is 0 Å². The van der Waals surface area contributed by atoms with Gasteiger partial charge in [0.1, 0.15) is 0 Å². The lowest BCUT2D eigenvalue weighted by molar-refractivity contribution is -0.134. The minimum absolute atomic E-state index is 0.322. The van der Waals surface area contributed by atoms with Crippen molar-refractivity contribution in [2.45, 2.75) is 25.3 Å². The maximum atomic E-state index is 11.8. The Morgan fingerprint density at radius 3 is 3.00 bits per heavy atom. The molecule has 2 heteroatoms. The molecule has 2 nitrogen and oxygen atoms in total. The molecular weight excluding hydrogens is 150 g/mol. The highest BCUT2D eigenvalue weighted by atomic mass is 16.1. The molecule has 4 unspecified atom stereocenters. The van der Waals surface area contributed by atoms with Gasteiger partial charge in [0.2, 0.25) is 0 Å². The van der Waals surface area contributed by atoms with Crippen LogP contribution in [0.2, 0.25) is 0 Å². The number of Topliss-reactive ketones (excluding diaryl/α,β-unsaturated/α-hetero) is 1. The maximum absolute atomic E-state index is 11.8. The second-order valence-corrected chi connectivity index (χ2v) is 4.72. The first-order valence-electron chi connectivity index (χ1n) is 5.01. The lowest BCUT2D eigenvalue weighted by Gasteiger charge is -2.40. The summed E-state index contributed by atoms with van der Waals surface area (Å²) in [5.74, 6) is 2.58. The van der Waals surface area contributed by atoms with Gasteiger partial charge in [0.25, 0.3) is 0 Å². The summed E-state index contributed by atoms with van der Waals surface area (Å²) in [5, 5.41) is 0. The van der Waals surface area contributed by atoms with Crippen LogP contribution in [-0.4, -0.2) is 30.3 Å². The zero-order valence-electron chi connectivity index (χ0n) is 7.49. The molecular formula is C10H15NO. The second kappa shape index (κ2) is 2.11. The molecule has 3 saturated carbocycles. The lowest BCUT2D eigenvalue weighted by atomic mass is 9.64. The molecule has 4 fully saturated rings. The van der Waals surface area contributed by atoms with Crippen molar-refractivity contribution in [1.82, 2.24) is 4.90 Å². The van der Waals surface area contributed by atoms with E-state index in [4.69, 9.17) is 0 Å². The number of hydrogen-bond acceptors (Lipinski definition) is 2. The van der Waals surface area contributed by atoms with Crippen LogP contribution < -0.4 is 0 Å². The van der Waals surface area contributed by atoms with Gasteiger partial charge in [-0.15, -0.1) is 0 Å². The van der Waals surface area contributed by atoms with Crippen molar-refractivity contribution in [2.75, 3.05) is 13.6 Å². The molecule has 0 aromatic heterocycles. The summed E-state index contributed by atoms with van der Waals surface area (Å²) in [6.07, 6.45) is 3.70. The summed E-state index contributed by atoms with van der Waals surface area (Å²) in [4.78, 5) is 14.1. The summed E-state index contributed by atoms with van der Waals surface area (Å²) in [6.45, 7) is 1.18. The first-order chi connectivity index (χ1) is 5.77. The summed E-state index contributed by atoms with van der Waals surface area (Å²) < 4.78 is 0. The van der Waals surface area contributed by atoms with Gasteiger partial charge in [0, 0.05) is 12.5 Å². The number of likely N-dealkylation sites (N-methyl/N-ethyl adjacent to an activating group) is 1. The quantitative estimate of drug-likeness (QED) is 0.532. The fourth-order valence-electron chi connectivity index (χ4n) is 3.65. The van der Waals surface area contributed by atoms with E-state index >= 15 is 0 Å². The summed E-state index contributed by atoms with van der Waals surface area (Å²) in [5.41, 5.74) is 0. The van der Waals surface area contributed by atoms with Crippen LogP contribution in [-0.2, 0) is 4.79 Å². The number of hydrogen-bond donors (Lipinski definition) is 0. The third kappa shape index (κ3) is 0.674. The van der Waals surface area contributed by atoms with Gasteiger partial charge in [-0.1, -0.05) is 0 Å². The Hall–Kier alpha value is -0.370. The van der Waals surface area contributed by atoms with Crippen molar-refractivity contribution in [2.24, 2.45) is 17.8 Å². The molecule has 4 atom stereocenters. The summed E-state index contributed by atoms with van der Waals surface area (Å²) in [7, 11) is 2.11. The SMILES string of the molecule is CN1CC2CC3CCC2C1C3=O. The zero-order valence-corrected chi connectivity index (χ0v) is 7.49. The smallest absolute Gasteiger partial charge is 0.153 e. The normalized spacial score (nSPS) is 51.9. The third-order valence-corrected chi connectivity index (χ3v) is 4.14. The lowest BCUT2D eigenvalue weighted by Crippen LogP contribution is -2.48. The molecule has 3 aliphatic carbocycles. The molecule has 12 heavy (non-hydrogen) atoms. The van der Waals surface area contributed by atoms with Crippen molar-refractivity contribution in [3.8, 4) is 0 Å². The van der Waals surface area contributed by atoms with Gasteiger partial charge >= 0.3 is 0 Å². The molecule has 0 radical (unpaired) electrons. The minimum Gasteiger partial charge on any atom is -0.298 e. The van der Waals surface area contributed by atoms with Gasteiger partial charge in [-0.25, -0.2) is 0 Å². The van der Waals surface area contributed by atoms with E-state index in [1.54, 1.807) is 0 Å². The molecule has 0 spiro atoms. The third-order valence-electron chi connectivity index (χ3n) is 4.14. The Balaban J connectivity index is 2.02. The average Bonchev–Trinajstić information content (AvgIpc) is 2.33. The largest absolute Gasteiger partial charge is 0.298 e. The molecule has 1 saturated heterocycles. The number of likely N-dealkylation sites (tertiary alicyclic amines) is 1. The standard InChI is InChI=1S/C10H15NO/c1-11-5-7-4-6-2-3-8(7)9(11)10(6)12/h6-9H,2-5H2,1H3. The Kier molecular flexibility index (Phi) is 1.24. The van der Waals surface area contributed by atoms with Gasteiger partial charge in [-0.05, 0) is 38.1 Å². The van der Waals surface area contributed by atoms with Gasteiger partial charge in [0.05, 0.1) is 6.04 Å². The molecule has 0 N–H and O–H groups in total. The molecule has 0 amide bonds. The van der Waals surface area contributed by atoms with Crippen molar-refractivity contribution in [3.05, 3.63) is 0 Å². The zero-order chi connectivity index (χ0) is 8.29. The van der Waals surface area contributed by atoms with E-state index in [1.807, 2.05) is 0 Å². The minimum atomic E-state index is 0.322. The molecule has 66 valence electrons. The Morgan fingerprint density at radius 2 is 2.25 bits per heavy atom. The molecule has 4 aliphatic rings. The van der Waals surface area contributed by atoms with Crippen LogP contribution in [0.5, 0.6) is 0 Å². The Labute approximate surface area is 72.9 Å². The average molecular weight is 165 g/mol. The predicted octanol–water partition coefficient (Wildman–Crippen LogP) is 0.916. The van der Waals surface area contributed by atoms with Gasteiger partial charge in [-0.2, -0.15) is 0 Å². The highest BCUT2D eigenvalue weighted by Crippen LogP contribution is 2.49. The maximum Gasteiger partial charge on any atom is 0.153 e. The van der Waals surface area contributed by atoms with Gasteiger partial charge < -0.3 is 0 Å². The van der Waals surface area contributed by atoms with Gasteiger partial charge in [0.15, 0.2) is 5.78 Å². The second-order valence-electron chi connectivity index (χ2n) is 4.72. The topological polar surface area (TPSA) is 20.3 Å². The monoisotopic (exact) mass is 165 g/mol. The highest BCUT2D eigenvalue weighted by Gasteiger charge is 2.53. The van der Waals surface area contributed by atoms with E-state index in [2.05, 4.69) is 11.9 Å². The number of nitrogens with zero attached hydrogens (tertiary/aromatic N) is 1. The molecule has 4 bridgehead atoms.